The molecule has 4 bridgehead atoms. The van der Waals surface area contributed by atoms with E-state index in [1.807, 2.05) is 12.3 Å². The smallest absolute Gasteiger partial charge is 0.0567 e. The molecule has 5 rings (SSSR count). The van der Waals surface area contributed by atoms with Crippen LogP contribution in [0.15, 0.2) is 18.5 Å². The van der Waals surface area contributed by atoms with Crippen LogP contribution in [0, 0.1) is 23.2 Å². The third-order valence-corrected chi connectivity index (χ3v) is 6.10. The zero-order valence-corrected chi connectivity index (χ0v) is 11.9. The molecule has 104 valence electrons. The van der Waals surface area contributed by atoms with Gasteiger partial charge in [-0.3, -0.25) is 4.68 Å². The zero-order chi connectivity index (χ0) is 12.9. The van der Waals surface area contributed by atoms with Crippen LogP contribution in [0.5, 0.6) is 0 Å². The maximum Gasteiger partial charge on any atom is 0.0567 e. The van der Waals surface area contributed by atoms with E-state index in [-0.39, 0.29) is 0 Å². The van der Waals surface area contributed by atoms with Crippen molar-refractivity contribution in [2.45, 2.75) is 51.1 Å². The maximum absolute atomic E-state index is 4.41. The Balaban J connectivity index is 1.58. The molecule has 4 saturated carbocycles. The van der Waals surface area contributed by atoms with Crippen molar-refractivity contribution in [2.75, 3.05) is 7.05 Å². The Morgan fingerprint density at radius 3 is 2.32 bits per heavy atom. The second-order valence-electron chi connectivity index (χ2n) is 7.35. The number of aromatic nitrogens is 2. The fraction of sp³-hybridized carbons (Fsp3) is 0.812. The van der Waals surface area contributed by atoms with Crippen molar-refractivity contribution in [1.29, 1.82) is 0 Å². The van der Waals surface area contributed by atoms with E-state index in [2.05, 4.69) is 28.3 Å². The van der Waals surface area contributed by atoms with Crippen LogP contribution >= 0.6 is 0 Å². The lowest BCUT2D eigenvalue weighted by Gasteiger charge is -2.59. The Morgan fingerprint density at radius 2 is 1.84 bits per heavy atom. The van der Waals surface area contributed by atoms with Crippen LogP contribution in [0.4, 0.5) is 0 Å². The van der Waals surface area contributed by atoms with Crippen LogP contribution in [0.25, 0.3) is 0 Å². The van der Waals surface area contributed by atoms with E-state index in [0.29, 0.717) is 11.5 Å². The highest BCUT2D eigenvalue weighted by molar-refractivity contribution is 5.06. The molecule has 1 unspecified atom stereocenters. The molecule has 1 atom stereocenters. The highest BCUT2D eigenvalue weighted by atomic mass is 15.3. The van der Waals surface area contributed by atoms with Crippen molar-refractivity contribution in [3.63, 3.8) is 0 Å². The molecule has 0 saturated heterocycles. The first-order valence-corrected chi connectivity index (χ1v) is 7.92. The van der Waals surface area contributed by atoms with E-state index in [4.69, 9.17) is 0 Å². The van der Waals surface area contributed by atoms with E-state index in [9.17, 15) is 0 Å². The molecule has 0 aliphatic heterocycles. The standard InChI is InChI=1S/C16H25N3/c1-17-15(11-19-4-2-3-18-19)16-8-12-5-13(9-16)7-14(6-12)10-16/h2-4,12-15,17H,5-11H2,1H3. The van der Waals surface area contributed by atoms with Crippen molar-refractivity contribution in [3.8, 4) is 0 Å². The second-order valence-corrected chi connectivity index (χ2v) is 7.35. The third-order valence-electron chi connectivity index (χ3n) is 6.10. The highest BCUT2D eigenvalue weighted by Gasteiger charge is 2.53. The van der Waals surface area contributed by atoms with E-state index >= 15 is 0 Å². The summed E-state index contributed by atoms with van der Waals surface area (Å²) < 4.78 is 2.11. The molecule has 0 aromatic carbocycles. The molecule has 1 aromatic rings. The number of rotatable bonds is 4. The first-order chi connectivity index (χ1) is 9.27. The average molecular weight is 259 g/mol. The second kappa shape index (κ2) is 4.34. The van der Waals surface area contributed by atoms with Gasteiger partial charge in [-0.25, -0.2) is 0 Å². The lowest BCUT2D eigenvalue weighted by Crippen LogP contribution is -2.56. The Hall–Kier alpha value is -0.830. The third kappa shape index (κ3) is 1.94. The number of nitrogens with zero attached hydrogens (tertiary/aromatic N) is 2. The van der Waals surface area contributed by atoms with Gasteiger partial charge in [-0.15, -0.1) is 0 Å². The summed E-state index contributed by atoms with van der Waals surface area (Å²) in [7, 11) is 2.15. The quantitative estimate of drug-likeness (QED) is 0.901. The van der Waals surface area contributed by atoms with Crippen LogP contribution < -0.4 is 5.32 Å². The van der Waals surface area contributed by atoms with Gasteiger partial charge in [0.15, 0.2) is 0 Å². The van der Waals surface area contributed by atoms with E-state index in [1.165, 1.54) is 38.5 Å². The monoisotopic (exact) mass is 259 g/mol. The van der Waals surface area contributed by atoms with Crippen LogP contribution in [-0.4, -0.2) is 22.9 Å². The summed E-state index contributed by atoms with van der Waals surface area (Å²) in [6, 6.07) is 2.63. The fourth-order valence-electron chi connectivity index (χ4n) is 5.79. The summed E-state index contributed by atoms with van der Waals surface area (Å²) in [5.41, 5.74) is 0.565. The van der Waals surface area contributed by atoms with Crippen LogP contribution in [-0.2, 0) is 6.54 Å². The highest BCUT2D eigenvalue weighted by Crippen LogP contribution is 2.61. The van der Waals surface area contributed by atoms with E-state index in [0.717, 1.165) is 24.3 Å². The topological polar surface area (TPSA) is 29.9 Å². The first kappa shape index (κ1) is 12.0. The normalized spacial score (nSPS) is 41.6. The van der Waals surface area contributed by atoms with Crippen molar-refractivity contribution in [1.82, 2.24) is 15.1 Å². The Bertz CT molecular complexity index is 402. The Labute approximate surface area is 115 Å². The summed E-state index contributed by atoms with van der Waals surface area (Å²) in [6.45, 7) is 1.04. The summed E-state index contributed by atoms with van der Waals surface area (Å²) in [5, 5.41) is 8.04. The SMILES string of the molecule is CNC(Cn1cccn1)C12CC3CC(CC(C3)C1)C2. The van der Waals surface area contributed by atoms with Gasteiger partial charge in [0.25, 0.3) is 0 Å². The summed E-state index contributed by atoms with van der Waals surface area (Å²) in [6.07, 6.45) is 13.0. The van der Waals surface area contributed by atoms with Gasteiger partial charge in [0.1, 0.15) is 0 Å². The minimum Gasteiger partial charge on any atom is -0.315 e. The molecular weight excluding hydrogens is 234 g/mol. The zero-order valence-electron chi connectivity index (χ0n) is 11.9. The lowest BCUT2D eigenvalue weighted by atomic mass is 9.47. The molecule has 1 heterocycles. The van der Waals surface area contributed by atoms with Gasteiger partial charge in [-0.1, -0.05) is 0 Å². The van der Waals surface area contributed by atoms with Gasteiger partial charge in [0.05, 0.1) is 6.54 Å². The van der Waals surface area contributed by atoms with E-state index < -0.39 is 0 Å². The van der Waals surface area contributed by atoms with Crippen molar-refractivity contribution in [3.05, 3.63) is 18.5 Å². The van der Waals surface area contributed by atoms with Crippen molar-refractivity contribution < 1.29 is 0 Å². The number of nitrogens with one attached hydrogen (secondary N) is 1. The predicted octanol–water partition coefficient (Wildman–Crippen LogP) is 2.69. The van der Waals surface area contributed by atoms with Crippen molar-refractivity contribution >= 4 is 0 Å². The fourth-order valence-corrected chi connectivity index (χ4v) is 5.79. The Kier molecular flexibility index (Phi) is 2.73. The molecule has 1 N–H and O–H groups in total. The molecule has 3 nitrogen and oxygen atoms in total. The lowest BCUT2D eigenvalue weighted by molar-refractivity contribution is -0.0759. The van der Waals surface area contributed by atoms with Gasteiger partial charge < -0.3 is 5.32 Å². The average Bonchev–Trinajstić information content (AvgIpc) is 2.87. The number of hydrogen-bond acceptors (Lipinski definition) is 2. The first-order valence-electron chi connectivity index (χ1n) is 7.92. The van der Waals surface area contributed by atoms with Gasteiger partial charge in [-0.2, -0.15) is 5.10 Å². The summed E-state index contributed by atoms with van der Waals surface area (Å²) in [4.78, 5) is 0. The molecular formula is C16H25N3. The molecule has 0 radical (unpaired) electrons. The predicted molar refractivity (Wildman–Crippen MR) is 75.7 cm³/mol. The summed E-state index contributed by atoms with van der Waals surface area (Å²) in [5.74, 6) is 3.08. The molecule has 0 spiro atoms. The van der Waals surface area contributed by atoms with E-state index in [1.54, 1.807) is 0 Å². The van der Waals surface area contributed by atoms with Crippen molar-refractivity contribution in [2.24, 2.45) is 23.2 Å². The van der Waals surface area contributed by atoms with Gasteiger partial charge >= 0.3 is 0 Å². The summed E-state index contributed by atoms with van der Waals surface area (Å²) >= 11 is 0. The minimum atomic E-state index is 0.565. The minimum absolute atomic E-state index is 0.565. The van der Waals surface area contributed by atoms with Crippen LogP contribution in [0.3, 0.4) is 0 Å². The molecule has 0 amide bonds. The molecule has 4 fully saturated rings. The molecule has 1 aromatic heterocycles. The molecule has 3 heteroatoms. The molecule has 4 aliphatic carbocycles. The van der Waals surface area contributed by atoms with Gasteiger partial charge in [0.2, 0.25) is 0 Å². The maximum atomic E-state index is 4.41. The molecule has 4 aliphatic rings. The largest absolute Gasteiger partial charge is 0.315 e. The number of hydrogen-bond donors (Lipinski definition) is 1. The molecule has 19 heavy (non-hydrogen) atoms. The van der Waals surface area contributed by atoms with Crippen LogP contribution in [0.1, 0.15) is 38.5 Å². The van der Waals surface area contributed by atoms with Crippen LogP contribution in [0.2, 0.25) is 0 Å². The van der Waals surface area contributed by atoms with Gasteiger partial charge in [0, 0.05) is 18.4 Å². The van der Waals surface area contributed by atoms with Gasteiger partial charge in [-0.05, 0) is 74.8 Å². The Morgan fingerprint density at radius 1 is 1.21 bits per heavy atom. The number of likely N-dealkylation sites (N-methyl/N-ethyl adjacent to an activating group) is 1.